The van der Waals surface area contributed by atoms with E-state index in [9.17, 15) is 14.0 Å². The van der Waals surface area contributed by atoms with Gasteiger partial charge in [-0.15, -0.1) is 10.2 Å². The molecular formula is C18H22FN5O2S. The van der Waals surface area contributed by atoms with Crippen LogP contribution in [0.2, 0.25) is 0 Å². The molecule has 1 saturated carbocycles. The summed E-state index contributed by atoms with van der Waals surface area (Å²) in [5, 5.41) is 9.19. The zero-order chi connectivity index (χ0) is 19.4. The van der Waals surface area contributed by atoms with Gasteiger partial charge in [-0.25, -0.2) is 4.39 Å². The Labute approximate surface area is 161 Å². The molecule has 27 heavy (non-hydrogen) atoms. The molecule has 2 N–H and O–H groups in total. The molecule has 0 unspecified atom stereocenters. The lowest BCUT2D eigenvalue weighted by Gasteiger charge is -2.22. The predicted octanol–water partition coefficient (Wildman–Crippen LogP) is 2.32. The largest absolute Gasteiger partial charge is 0.370 e. The number of benzene rings is 1. The summed E-state index contributed by atoms with van der Waals surface area (Å²) in [6.07, 6.45) is 2.30. The number of hydrogen-bond acceptors (Lipinski definition) is 5. The molecule has 1 heterocycles. The molecule has 0 atom stereocenters. The summed E-state index contributed by atoms with van der Waals surface area (Å²) in [7, 11) is 0. The van der Waals surface area contributed by atoms with E-state index >= 15 is 0 Å². The van der Waals surface area contributed by atoms with Gasteiger partial charge in [0.15, 0.2) is 5.16 Å². The van der Waals surface area contributed by atoms with Crippen LogP contribution < -0.4 is 10.6 Å². The molecule has 1 fully saturated rings. The first-order valence-electron chi connectivity index (χ1n) is 8.89. The van der Waals surface area contributed by atoms with E-state index in [1.165, 1.54) is 40.9 Å². The lowest BCUT2D eigenvalue weighted by Crippen LogP contribution is -2.35. The second-order valence-electron chi connectivity index (χ2n) is 6.39. The number of rotatable bonds is 9. The molecule has 2 amide bonds. The van der Waals surface area contributed by atoms with Gasteiger partial charge in [0.2, 0.25) is 11.8 Å². The van der Waals surface area contributed by atoms with Crippen molar-refractivity contribution in [2.75, 3.05) is 17.2 Å². The van der Waals surface area contributed by atoms with E-state index in [1.807, 2.05) is 11.5 Å². The summed E-state index contributed by atoms with van der Waals surface area (Å²) >= 11 is 1.31. The Morgan fingerprint density at radius 1 is 1.30 bits per heavy atom. The third kappa shape index (κ3) is 4.85. The maximum absolute atomic E-state index is 13.2. The van der Waals surface area contributed by atoms with Crippen molar-refractivity contribution < 1.29 is 14.0 Å². The minimum atomic E-state index is -0.498. The number of nitrogens with zero attached hydrogens (tertiary/aromatic N) is 4. The normalized spacial score (nSPS) is 13.6. The lowest BCUT2D eigenvalue weighted by molar-refractivity contribution is -0.118. The van der Waals surface area contributed by atoms with Gasteiger partial charge in [-0.1, -0.05) is 11.8 Å². The molecule has 3 rings (SSSR count). The molecule has 144 valence electrons. The molecular weight excluding hydrogens is 369 g/mol. The van der Waals surface area contributed by atoms with Crippen LogP contribution in [0.4, 0.5) is 10.1 Å². The monoisotopic (exact) mass is 391 g/mol. The molecule has 0 radical (unpaired) electrons. The average molecular weight is 391 g/mol. The standard InChI is InChI=1S/C18H22FN5O2S/c1-2-23-17(12-3-4-12)21-22-18(23)27-11-16(26)24(10-9-15(20)25)14-7-5-13(19)6-8-14/h5-8,12H,2-4,9-11H2,1H3,(H2,20,25). The van der Waals surface area contributed by atoms with E-state index in [0.29, 0.717) is 16.8 Å². The van der Waals surface area contributed by atoms with Gasteiger partial charge >= 0.3 is 0 Å². The van der Waals surface area contributed by atoms with Gasteiger partial charge in [0, 0.05) is 31.1 Å². The molecule has 2 aromatic rings. The Bertz CT molecular complexity index is 820. The zero-order valence-electron chi connectivity index (χ0n) is 15.1. The van der Waals surface area contributed by atoms with Crippen molar-refractivity contribution in [3.8, 4) is 0 Å². The fraction of sp³-hybridized carbons (Fsp3) is 0.444. The summed E-state index contributed by atoms with van der Waals surface area (Å²) in [4.78, 5) is 25.4. The van der Waals surface area contributed by atoms with Crippen LogP contribution in [0.1, 0.15) is 37.9 Å². The van der Waals surface area contributed by atoms with E-state index in [2.05, 4.69) is 10.2 Å². The highest BCUT2D eigenvalue weighted by molar-refractivity contribution is 7.99. The first-order chi connectivity index (χ1) is 13.0. The van der Waals surface area contributed by atoms with Crippen LogP contribution in [-0.2, 0) is 16.1 Å². The highest BCUT2D eigenvalue weighted by Gasteiger charge is 2.30. The minimum Gasteiger partial charge on any atom is -0.370 e. The fourth-order valence-electron chi connectivity index (χ4n) is 2.79. The Morgan fingerprint density at radius 2 is 2.00 bits per heavy atom. The highest BCUT2D eigenvalue weighted by Crippen LogP contribution is 2.40. The van der Waals surface area contributed by atoms with Crippen molar-refractivity contribution in [2.45, 2.75) is 43.8 Å². The van der Waals surface area contributed by atoms with E-state index in [4.69, 9.17) is 5.73 Å². The molecule has 0 spiro atoms. The quantitative estimate of drug-likeness (QED) is 0.662. The van der Waals surface area contributed by atoms with E-state index in [0.717, 1.165) is 25.2 Å². The Balaban J connectivity index is 1.70. The summed E-state index contributed by atoms with van der Waals surface area (Å²) in [6.45, 7) is 2.92. The van der Waals surface area contributed by atoms with Crippen LogP contribution in [-0.4, -0.2) is 38.9 Å². The van der Waals surface area contributed by atoms with E-state index in [-0.39, 0.29) is 30.4 Å². The Kier molecular flexibility index (Phi) is 6.10. The van der Waals surface area contributed by atoms with E-state index < -0.39 is 5.91 Å². The van der Waals surface area contributed by atoms with Crippen LogP contribution in [0.3, 0.4) is 0 Å². The van der Waals surface area contributed by atoms with Crippen LogP contribution >= 0.6 is 11.8 Å². The van der Waals surface area contributed by atoms with Crippen LogP contribution in [0.5, 0.6) is 0 Å². The first-order valence-corrected chi connectivity index (χ1v) is 9.88. The molecule has 1 aliphatic rings. The van der Waals surface area contributed by atoms with Gasteiger partial charge in [-0.05, 0) is 44.0 Å². The first kappa shape index (κ1) is 19.3. The van der Waals surface area contributed by atoms with Gasteiger partial charge in [0.1, 0.15) is 11.6 Å². The van der Waals surface area contributed by atoms with Gasteiger partial charge in [0.05, 0.1) is 5.75 Å². The Hall–Kier alpha value is -2.42. The number of carbonyl (C=O) groups excluding carboxylic acids is 2. The third-order valence-electron chi connectivity index (χ3n) is 4.35. The van der Waals surface area contributed by atoms with Crippen molar-refractivity contribution >= 4 is 29.3 Å². The summed E-state index contributed by atoms with van der Waals surface area (Å²) in [5.74, 6) is 0.511. The summed E-state index contributed by atoms with van der Waals surface area (Å²) < 4.78 is 15.2. The average Bonchev–Trinajstić information content (AvgIpc) is 3.41. The van der Waals surface area contributed by atoms with Crippen molar-refractivity contribution in [3.63, 3.8) is 0 Å². The van der Waals surface area contributed by atoms with E-state index in [1.54, 1.807) is 0 Å². The van der Waals surface area contributed by atoms with Crippen LogP contribution in [0, 0.1) is 5.82 Å². The number of thioether (sulfide) groups is 1. The SMILES string of the molecule is CCn1c(SCC(=O)N(CCC(N)=O)c2ccc(F)cc2)nnc1C1CC1. The molecule has 1 aromatic carbocycles. The molecule has 0 bridgehead atoms. The molecule has 9 heteroatoms. The van der Waals surface area contributed by atoms with Crippen molar-refractivity contribution in [2.24, 2.45) is 5.73 Å². The summed E-state index contributed by atoms with van der Waals surface area (Å²) in [6, 6.07) is 5.59. The predicted molar refractivity (Wildman–Crippen MR) is 101 cm³/mol. The van der Waals surface area contributed by atoms with Gasteiger partial charge in [0.25, 0.3) is 0 Å². The van der Waals surface area contributed by atoms with Crippen LogP contribution in [0.25, 0.3) is 0 Å². The van der Waals surface area contributed by atoms with Crippen molar-refractivity contribution in [3.05, 3.63) is 35.9 Å². The number of aromatic nitrogens is 3. The Morgan fingerprint density at radius 3 is 2.59 bits per heavy atom. The molecule has 0 aliphatic heterocycles. The number of primary amides is 1. The van der Waals surface area contributed by atoms with Crippen molar-refractivity contribution in [1.82, 2.24) is 14.8 Å². The number of halogens is 1. The number of hydrogen-bond donors (Lipinski definition) is 1. The number of carbonyl (C=O) groups is 2. The number of anilines is 1. The topological polar surface area (TPSA) is 94.1 Å². The fourth-order valence-corrected chi connectivity index (χ4v) is 3.68. The highest BCUT2D eigenvalue weighted by atomic mass is 32.2. The van der Waals surface area contributed by atoms with Gasteiger partial charge < -0.3 is 15.2 Å². The lowest BCUT2D eigenvalue weighted by atomic mass is 10.2. The number of nitrogens with two attached hydrogens (primary N) is 1. The maximum atomic E-state index is 13.2. The van der Waals surface area contributed by atoms with Crippen LogP contribution in [0.15, 0.2) is 29.4 Å². The van der Waals surface area contributed by atoms with Gasteiger partial charge in [-0.2, -0.15) is 0 Å². The smallest absolute Gasteiger partial charge is 0.237 e. The minimum absolute atomic E-state index is 0.0325. The number of amides is 2. The molecule has 0 saturated heterocycles. The van der Waals surface area contributed by atoms with Crippen molar-refractivity contribution in [1.29, 1.82) is 0 Å². The molecule has 1 aromatic heterocycles. The summed E-state index contributed by atoms with van der Waals surface area (Å²) in [5.41, 5.74) is 5.75. The second kappa shape index (κ2) is 8.51. The third-order valence-corrected chi connectivity index (χ3v) is 5.30. The zero-order valence-corrected chi connectivity index (χ0v) is 15.9. The second-order valence-corrected chi connectivity index (χ2v) is 7.33. The maximum Gasteiger partial charge on any atom is 0.237 e. The molecule has 1 aliphatic carbocycles. The molecule has 7 nitrogen and oxygen atoms in total. The van der Waals surface area contributed by atoms with Gasteiger partial charge in [-0.3, -0.25) is 9.59 Å².